The van der Waals surface area contributed by atoms with E-state index in [0.29, 0.717) is 0 Å². The smallest absolute Gasteiger partial charge is 0.336 e. The molecular formula is C21H16O4S. The fourth-order valence-corrected chi connectivity index (χ4v) is 3.35. The molecule has 26 heavy (non-hydrogen) atoms. The highest BCUT2D eigenvalue weighted by Crippen LogP contribution is 2.34. The van der Waals surface area contributed by atoms with Crippen LogP contribution in [0.3, 0.4) is 0 Å². The SMILES string of the molecule is COc1ccc(C=CC(=O)c2ccccc2C(=O)O)cc1-c1cccs1. The van der Waals surface area contributed by atoms with Gasteiger partial charge in [0.2, 0.25) is 0 Å². The first-order chi connectivity index (χ1) is 12.6. The summed E-state index contributed by atoms with van der Waals surface area (Å²) in [6, 6.07) is 15.8. The highest BCUT2D eigenvalue weighted by molar-refractivity contribution is 7.13. The van der Waals surface area contributed by atoms with Crippen molar-refractivity contribution in [1.29, 1.82) is 0 Å². The minimum atomic E-state index is -1.12. The van der Waals surface area contributed by atoms with Crippen LogP contribution in [0.25, 0.3) is 16.5 Å². The maximum Gasteiger partial charge on any atom is 0.336 e. The van der Waals surface area contributed by atoms with Gasteiger partial charge >= 0.3 is 5.97 Å². The third kappa shape index (κ3) is 3.73. The second-order valence-electron chi connectivity index (χ2n) is 5.49. The Morgan fingerprint density at radius 3 is 2.46 bits per heavy atom. The van der Waals surface area contributed by atoms with Crippen LogP contribution in [-0.4, -0.2) is 24.0 Å². The van der Waals surface area contributed by atoms with Crippen molar-refractivity contribution >= 4 is 29.2 Å². The van der Waals surface area contributed by atoms with Crippen molar-refractivity contribution in [3.8, 4) is 16.2 Å². The average molecular weight is 364 g/mol. The van der Waals surface area contributed by atoms with E-state index >= 15 is 0 Å². The summed E-state index contributed by atoms with van der Waals surface area (Å²) in [6.45, 7) is 0. The highest BCUT2D eigenvalue weighted by Gasteiger charge is 2.13. The van der Waals surface area contributed by atoms with Gasteiger partial charge in [0, 0.05) is 16.0 Å². The molecule has 0 aliphatic carbocycles. The summed E-state index contributed by atoms with van der Waals surface area (Å²) in [4.78, 5) is 24.7. The van der Waals surface area contributed by atoms with Crippen LogP contribution < -0.4 is 4.74 Å². The van der Waals surface area contributed by atoms with Crippen molar-refractivity contribution in [2.75, 3.05) is 7.11 Å². The van der Waals surface area contributed by atoms with Gasteiger partial charge in [0.05, 0.1) is 12.7 Å². The maximum atomic E-state index is 12.4. The number of aromatic carboxylic acids is 1. The maximum absolute atomic E-state index is 12.4. The monoisotopic (exact) mass is 364 g/mol. The summed E-state index contributed by atoms with van der Waals surface area (Å²) in [5.74, 6) is -0.713. The lowest BCUT2D eigenvalue weighted by Crippen LogP contribution is -2.06. The number of allylic oxidation sites excluding steroid dienone is 1. The highest BCUT2D eigenvalue weighted by atomic mass is 32.1. The fourth-order valence-electron chi connectivity index (χ4n) is 2.60. The molecule has 0 amide bonds. The quantitative estimate of drug-likeness (QED) is 0.493. The number of carbonyl (C=O) groups is 2. The van der Waals surface area contributed by atoms with E-state index < -0.39 is 5.97 Å². The first-order valence-corrected chi connectivity index (χ1v) is 8.75. The molecule has 0 saturated carbocycles. The van der Waals surface area contributed by atoms with Gasteiger partial charge in [-0.05, 0) is 41.3 Å². The molecule has 3 aromatic rings. The molecule has 0 fully saturated rings. The van der Waals surface area contributed by atoms with E-state index in [2.05, 4.69) is 0 Å². The first kappa shape index (κ1) is 17.6. The number of rotatable bonds is 6. The van der Waals surface area contributed by atoms with E-state index in [1.54, 1.807) is 36.7 Å². The topological polar surface area (TPSA) is 63.6 Å². The number of ether oxygens (including phenoxy) is 1. The Kier molecular flexibility index (Phi) is 5.29. The largest absolute Gasteiger partial charge is 0.496 e. The Balaban J connectivity index is 1.91. The van der Waals surface area contributed by atoms with E-state index in [1.807, 2.05) is 35.7 Å². The van der Waals surface area contributed by atoms with Gasteiger partial charge in [0.25, 0.3) is 0 Å². The number of carbonyl (C=O) groups excluding carboxylic acids is 1. The molecule has 0 atom stereocenters. The van der Waals surface area contributed by atoms with Crippen LogP contribution in [0.4, 0.5) is 0 Å². The molecule has 3 rings (SSSR count). The lowest BCUT2D eigenvalue weighted by molar-refractivity contribution is 0.0693. The number of benzene rings is 2. The van der Waals surface area contributed by atoms with Gasteiger partial charge in [-0.25, -0.2) is 4.79 Å². The van der Waals surface area contributed by atoms with Crippen molar-refractivity contribution < 1.29 is 19.4 Å². The molecule has 0 aliphatic heterocycles. The Morgan fingerprint density at radius 1 is 1.04 bits per heavy atom. The zero-order valence-electron chi connectivity index (χ0n) is 14.0. The third-order valence-corrected chi connectivity index (χ3v) is 4.76. The normalized spacial score (nSPS) is 10.8. The molecule has 0 bridgehead atoms. The zero-order chi connectivity index (χ0) is 18.5. The molecule has 4 nitrogen and oxygen atoms in total. The molecule has 0 spiro atoms. The Morgan fingerprint density at radius 2 is 1.81 bits per heavy atom. The molecule has 1 heterocycles. The predicted octanol–water partition coefficient (Wildman–Crippen LogP) is 5.02. The zero-order valence-corrected chi connectivity index (χ0v) is 14.8. The Bertz CT molecular complexity index is 971. The Labute approximate surface area is 155 Å². The molecule has 0 unspecified atom stereocenters. The molecule has 1 N–H and O–H groups in total. The van der Waals surface area contributed by atoms with Crippen LogP contribution in [0.1, 0.15) is 26.3 Å². The fraction of sp³-hybridized carbons (Fsp3) is 0.0476. The summed E-state index contributed by atoms with van der Waals surface area (Å²) in [6.07, 6.45) is 3.07. The number of methoxy groups -OCH3 is 1. The number of ketones is 1. The minimum Gasteiger partial charge on any atom is -0.496 e. The molecular weight excluding hydrogens is 348 g/mol. The van der Waals surface area contributed by atoms with Crippen molar-refractivity contribution in [1.82, 2.24) is 0 Å². The van der Waals surface area contributed by atoms with Gasteiger partial charge in [0.1, 0.15) is 5.75 Å². The molecule has 2 aromatic carbocycles. The van der Waals surface area contributed by atoms with Crippen molar-refractivity contribution in [3.63, 3.8) is 0 Å². The Hall–Kier alpha value is -3.18. The molecule has 1 aromatic heterocycles. The number of carboxylic acids is 1. The van der Waals surface area contributed by atoms with Crippen LogP contribution in [0.15, 0.2) is 66.1 Å². The minimum absolute atomic E-state index is 0.00356. The van der Waals surface area contributed by atoms with Crippen molar-refractivity contribution in [2.24, 2.45) is 0 Å². The summed E-state index contributed by atoms with van der Waals surface area (Å²) >= 11 is 1.60. The van der Waals surface area contributed by atoms with Crippen molar-refractivity contribution in [2.45, 2.75) is 0 Å². The van der Waals surface area contributed by atoms with Crippen LogP contribution >= 0.6 is 11.3 Å². The van der Waals surface area contributed by atoms with E-state index in [9.17, 15) is 14.7 Å². The van der Waals surface area contributed by atoms with Crippen molar-refractivity contribution in [3.05, 3.63) is 82.7 Å². The number of carboxylic acid groups (broad SMARTS) is 1. The van der Waals surface area contributed by atoms with Crippen LogP contribution in [0.2, 0.25) is 0 Å². The van der Waals surface area contributed by atoms with Gasteiger partial charge in [0.15, 0.2) is 5.78 Å². The molecule has 5 heteroatoms. The second kappa shape index (κ2) is 7.80. The van der Waals surface area contributed by atoms with Gasteiger partial charge < -0.3 is 9.84 Å². The molecule has 0 radical (unpaired) electrons. The number of thiophene rings is 1. The summed E-state index contributed by atoms with van der Waals surface area (Å²) in [7, 11) is 1.62. The summed E-state index contributed by atoms with van der Waals surface area (Å²) < 4.78 is 5.41. The second-order valence-corrected chi connectivity index (χ2v) is 6.43. The summed E-state index contributed by atoms with van der Waals surface area (Å²) in [5.41, 5.74) is 1.94. The van der Waals surface area contributed by atoms with Crippen LogP contribution in [-0.2, 0) is 0 Å². The predicted molar refractivity (Wildman–Crippen MR) is 103 cm³/mol. The van der Waals surface area contributed by atoms with E-state index in [0.717, 1.165) is 21.8 Å². The van der Waals surface area contributed by atoms with E-state index in [-0.39, 0.29) is 16.9 Å². The van der Waals surface area contributed by atoms with Crippen LogP contribution in [0, 0.1) is 0 Å². The van der Waals surface area contributed by atoms with E-state index in [1.165, 1.54) is 18.2 Å². The number of hydrogen-bond acceptors (Lipinski definition) is 4. The first-order valence-electron chi connectivity index (χ1n) is 7.87. The molecule has 130 valence electrons. The molecule has 0 aliphatic rings. The standard InChI is InChI=1S/C21H16O4S/c1-25-19-11-9-14(13-17(19)20-7-4-12-26-20)8-10-18(22)15-5-2-3-6-16(15)21(23)24/h2-13H,1H3,(H,23,24). The van der Waals surface area contributed by atoms with E-state index in [4.69, 9.17) is 4.74 Å². The lowest BCUT2D eigenvalue weighted by Gasteiger charge is -2.08. The van der Waals surface area contributed by atoms with Gasteiger partial charge in [-0.1, -0.05) is 36.4 Å². The third-order valence-electron chi connectivity index (χ3n) is 3.86. The van der Waals surface area contributed by atoms with Crippen LogP contribution in [0.5, 0.6) is 5.75 Å². The van der Waals surface area contributed by atoms with Gasteiger partial charge in [-0.3, -0.25) is 4.79 Å². The average Bonchev–Trinajstić information content (AvgIpc) is 3.20. The lowest BCUT2D eigenvalue weighted by atomic mass is 10.0. The molecule has 0 saturated heterocycles. The van der Waals surface area contributed by atoms with Gasteiger partial charge in [-0.2, -0.15) is 0 Å². The number of hydrogen-bond donors (Lipinski definition) is 1. The summed E-state index contributed by atoms with van der Waals surface area (Å²) in [5, 5.41) is 11.2. The van der Waals surface area contributed by atoms with Gasteiger partial charge in [-0.15, -0.1) is 11.3 Å².